The Bertz CT molecular complexity index is 750. The van der Waals surface area contributed by atoms with Crippen LogP contribution in [0.2, 0.25) is 0 Å². The Morgan fingerprint density at radius 1 is 1.17 bits per heavy atom. The van der Waals surface area contributed by atoms with Gasteiger partial charge in [0.1, 0.15) is 5.37 Å². The van der Waals surface area contributed by atoms with Crippen molar-refractivity contribution in [1.29, 1.82) is 0 Å². The monoisotopic (exact) mass is 433 g/mol. The summed E-state index contributed by atoms with van der Waals surface area (Å²) >= 11 is 3.65. The fraction of sp³-hybridized carbons (Fsp3) is 0.591. The molecule has 158 valence electrons. The lowest BCUT2D eigenvalue weighted by atomic mass is 9.90. The minimum absolute atomic E-state index is 0.0967. The third-order valence-corrected chi connectivity index (χ3v) is 9.00. The van der Waals surface area contributed by atoms with E-state index in [4.69, 9.17) is 0 Å². The van der Waals surface area contributed by atoms with E-state index in [0.29, 0.717) is 6.42 Å². The number of carbonyl (C=O) groups excluding carboxylic acids is 1. The number of β-lactam (4-membered cyclic amide) rings is 1. The summed E-state index contributed by atoms with van der Waals surface area (Å²) < 4.78 is 1.26. The van der Waals surface area contributed by atoms with Crippen LogP contribution in [0.5, 0.6) is 0 Å². The standard InChI is InChI=1S/C22H31N3O2S2/c1-3-18(26)19-20(27)25-16(2)22(29-21(19)25)28-14-13-23-9-11-24(12-10-23)15-17-7-5-4-6-8-17/h4-8,18-19,21,26H,3,9-15H2,1-2H3/t18-,19+,21+/m0/s1. The summed E-state index contributed by atoms with van der Waals surface area (Å²) in [6.07, 6.45) is 0.125. The largest absolute Gasteiger partial charge is 0.392 e. The Morgan fingerprint density at radius 2 is 1.86 bits per heavy atom. The molecule has 3 aliphatic rings. The molecule has 0 aliphatic carbocycles. The van der Waals surface area contributed by atoms with Gasteiger partial charge < -0.3 is 10.0 Å². The first-order valence-electron chi connectivity index (χ1n) is 10.6. The summed E-state index contributed by atoms with van der Waals surface area (Å²) in [6, 6.07) is 10.7. The van der Waals surface area contributed by atoms with E-state index in [1.165, 1.54) is 9.80 Å². The van der Waals surface area contributed by atoms with Crippen LogP contribution < -0.4 is 0 Å². The van der Waals surface area contributed by atoms with E-state index in [-0.39, 0.29) is 17.2 Å². The molecule has 0 aromatic heterocycles. The zero-order valence-corrected chi connectivity index (χ0v) is 18.9. The van der Waals surface area contributed by atoms with Gasteiger partial charge in [0.25, 0.3) is 0 Å². The quantitative estimate of drug-likeness (QED) is 0.636. The van der Waals surface area contributed by atoms with Crippen molar-refractivity contribution >= 4 is 29.4 Å². The Labute approximate surface area is 182 Å². The molecule has 1 aromatic rings. The molecular formula is C22H31N3O2S2. The van der Waals surface area contributed by atoms with Crippen LogP contribution in [0.25, 0.3) is 0 Å². The number of fused-ring (bicyclic) bond motifs is 1. The molecule has 3 heterocycles. The fourth-order valence-electron chi connectivity index (χ4n) is 4.29. The Kier molecular flexibility index (Phi) is 6.91. The van der Waals surface area contributed by atoms with Crippen molar-refractivity contribution in [3.05, 3.63) is 45.8 Å². The molecule has 29 heavy (non-hydrogen) atoms. The van der Waals surface area contributed by atoms with Gasteiger partial charge in [-0.3, -0.25) is 14.6 Å². The summed E-state index contributed by atoms with van der Waals surface area (Å²) in [6.45, 7) is 10.6. The minimum atomic E-state index is -0.513. The maximum atomic E-state index is 12.4. The first-order valence-corrected chi connectivity index (χ1v) is 12.4. The van der Waals surface area contributed by atoms with Crippen molar-refractivity contribution in [2.24, 2.45) is 5.92 Å². The molecule has 4 rings (SSSR count). The molecule has 0 spiro atoms. The predicted molar refractivity (Wildman–Crippen MR) is 121 cm³/mol. The molecule has 1 aromatic carbocycles. The van der Waals surface area contributed by atoms with Gasteiger partial charge in [0.05, 0.1) is 16.3 Å². The minimum Gasteiger partial charge on any atom is -0.392 e. The summed E-state index contributed by atoms with van der Waals surface area (Å²) in [5, 5.41) is 10.2. The maximum Gasteiger partial charge on any atom is 0.236 e. The normalized spacial score (nSPS) is 26.6. The van der Waals surface area contributed by atoms with Gasteiger partial charge in [-0.1, -0.05) is 49.0 Å². The van der Waals surface area contributed by atoms with E-state index in [9.17, 15) is 9.90 Å². The predicted octanol–water partition coefficient (Wildman–Crippen LogP) is 3.03. The second-order valence-electron chi connectivity index (χ2n) is 8.04. The number of amides is 1. The van der Waals surface area contributed by atoms with Gasteiger partial charge in [0, 0.05) is 50.7 Å². The van der Waals surface area contributed by atoms with Crippen LogP contribution in [0.4, 0.5) is 0 Å². The van der Waals surface area contributed by atoms with Gasteiger partial charge in [-0.15, -0.1) is 11.8 Å². The molecule has 0 bridgehead atoms. The molecule has 0 saturated carbocycles. The Balaban J connectivity index is 1.19. The molecule has 2 fully saturated rings. The van der Waals surface area contributed by atoms with Crippen LogP contribution in [0.1, 0.15) is 25.8 Å². The second-order valence-corrected chi connectivity index (χ2v) is 10.5. The van der Waals surface area contributed by atoms with E-state index in [2.05, 4.69) is 40.1 Å². The molecule has 3 atom stereocenters. The maximum absolute atomic E-state index is 12.4. The highest BCUT2D eigenvalue weighted by molar-refractivity contribution is 8.22. The third kappa shape index (κ3) is 4.54. The van der Waals surface area contributed by atoms with Crippen LogP contribution >= 0.6 is 23.5 Å². The summed E-state index contributed by atoms with van der Waals surface area (Å²) in [5.74, 6) is 0.920. The van der Waals surface area contributed by atoms with E-state index in [0.717, 1.165) is 50.7 Å². The number of thioether (sulfide) groups is 2. The molecule has 1 N–H and O–H groups in total. The van der Waals surface area contributed by atoms with E-state index < -0.39 is 6.10 Å². The summed E-state index contributed by atoms with van der Waals surface area (Å²) in [4.78, 5) is 19.4. The first-order chi connectivity index (χ1) is 14.1. The number of carbonyl (C=O) groups is 1. The van der Waals surface area contributed by atoms with Crippen molar-refractivity contribution in [1.82, 2.24) is 14.7 Å². The van der Waals surface area contributed by atoms with Gasteiger partial charge >= 0.3 is 0 Å². The van der Waals surface area contributed by atoms with Gasteiger partial charge in [0.2, 0.25) is 5.91 Å². The zero-order valence-electron chi connectivity index (χ0n) is 17.3. The fourth-order valence-corrected chi connectivity index (χ4v) is 7.25. The Morgan fingerprint density at radius 3 is 2.55 bits per heavy atom. The average Bonchev–Trinajstić information content (AvgIpc) is 3.01. The molecule has 3 aliphatic heterocycles. The lowest BCUT2D eigenvalue weighted by molar-refractivity contribution is -0.153. The average molecular weight is 434 g/mol. The highest BCUT2D eigenvalue weighted by Gasteiger charge is 2.55. The lowest BCUT2D eigenvalue weighted by Gasteiger charge is -2.44. The molecule has 0 radical (unpaired) electrons. The molecule has 7 heteroatoms. The molecule has 5 nitrogen and oxygen atoms in total. The molecule has 1 amide bonds. The number of aliphatic hydroxyl groups is 1. The van der Waals surface area contributed by atoms with Crippen LogP contribution in [-0.4, -0.2) is 75.7 Å². The van der Waals surface area contributed by atoms with Crippen LogP contribution in [0.15, 0.2) is 40.3 Å². The smallest absolute Gasteiger partial charge is 0.236 e. The Hall–Kier alpha value is -0.990. The highest BCUT2D eigenvalue weighted by atomic mass is 32.2. The topological polar surface area (TPSA) is 47.0 Å². The number of rotatable bonds is 8. The van der Waals surface area contributed by atoms with Crippen LogP contribution in [-0.2, 0) is 11.3 Å². The first kappa shape index (κ1) is 21.2. The number of hydrogen-bond donors (Lipinski definition) is 1. The number of allylic oxidation sites excluding steroid dienone is 1. The number of nitrogens with zero attached hydrogens (tertiary/aromatic N) is 3. The van der Waals surface area contributed by atoms with Crippen molar-refractivity contribution in [3.8, 4) is 0 Å². The van der Waals surface area contributed by atoms with Gasteiger partial charge in [0.15, 0.2) is 0 Å². The number of aliphatic hydroxyl groups excluding tert-OH is 1. The van der Waals surface area contributed by atoms with Crippen molar-refractivity contribution in [2.75, 3.05) is 38.5 Å². The zero-order chi connectivity index (χ0) is 20.4. The van der Waals surface area contributed by atoms with Gasteiger partial charge in [-0.25, -0.2) is 0 Å². The van der Waals surface area contributed by atoms with Crippen molar-refractivity contribution < 1.29 is 9.90 Å². The van der Waals surface area contributed by atoms with E-state index in [1.54, 1.807) is 11.8 Å². The number of benzene rings is 1. The van der Waals surface area contributed by atoms with Crippen LogP contribution in [0, 0.1) is 5.92 Å². The second kappa shape index (κ2) is 9.43. The van der Waals surface area contributed by atoms with Gasteiger partial charge in [-0.05, 0) is 18.9 Å². The molecule has 2 saturated heterocycles. The lowest BCUT2D eigenvalue weighted by Crippen LogP contribution is -2.60. The van der Waals surface area contributed by atoms with Gasteiger partial charge in [-0.2, -0.15) is 0 Å². The number of hydrogen-bond acceptors (Lipinski definition) is 6. The molecule has 0 unspecified atom stereocenters. The molecular weight excluding hydrogens is 402 g/mol. The summed E-state index contributed by atoms with van der Waals surface area (Å²) in [5.41, 5.74) is 2.48. The van der Waals surface area contributed by atoms with E-state index >= 15 is 0 Å². The number of piperazine rings is 1. The third-order valence-electron chi connectivity index (χ3n) is 6.16. The van der Waals surface area contributed by atoms with Crippen molar-refractivity contribution in [2.45, 2.75) is 38.3 Å². The van der Waals surface area contributed by atoms with Crippen LogP contribution in [0.3, 0.4) is 0 Å². The summed E-state index contributed by atoms with van der Waals surface area (Å²) in [7, 11) is 0. The van der Waals surface area contributed by atoms with Crippen molar-refractivity contribution in [3.63, 3.8) is 0 Å². The SMILES string of the molecule is CC[C@H](O)[C@@H]1C(=O)N2C(C)=C(SCCN3CCN(Cc4ccccc4)CC3)S[C@H]12. The van der Waals surface area contributed by atoms with E-state index in [1.807, 2.05) is 30.5 Å². The highest BCUT2D eigenvalue weighted by Crippen LogP contribution is 2.53.